The van der Waals surface area contributed by atoms with Gasteiger partial charge in [-0.15, -0.1) is 0 Å². The second-order valence-electron chi connectivity index (χ2n) is 13.1. The molecule has 0 aromatic heterocycles. The van der Waals surface area contributed by atoms with Crippen molar-refractivity contribution in [2.75, 3.05) is 13.2 Å². The summed E-state index contributed by atoms with van der Waals surface area (Å²) < 4.78 is 0. The van der Waals surface area contributed by atoms with Gasteiger partial charge in [-0.1, -0.05) is 38.4 Å². The number of aliphatic hydroxyl groups is 2. The van der Waals surface area contributed by atoms with Gasteiger partial charge in [0, 0.05) is 12.0 Å². The van der Waals surface area contributed by atoms with Crippen LogP contribution in [-0.2, 0) is 14.4 Å². The fourth-order valence-corrected chi connectivity index (χ4v) is 7.87. The number of allylic oxidation sites excluding steroid dienone is 2. The summed E-state index contributed by atoms with van der Waals surface area (Å²) in [5, 5.41) is 36.7. The SMILES string of the molecule is CC(C)(CNC(=O)CON=C1C=C2CC[C@@H]3[C@H](CC[C@@]4(C)[C@H]3CC[C@]4(C)O)[C@@]2(C)CC1)[C@@H](O)C(=O)O. The summed E-state index contributed by atoms with van der Waals surface area (Å²) in [4.78, 5) is 28.5. The van der Waals surface area contributed by atoms with Crippen LogP contribution in [0.5, 0.6) is 0 Å². The molecule has 4 rings (SSSR count). The first-order chi connectivity index (χ1) is 16.7. The van der Waals surface area contributed by atoms with E-state index in [1.165, 1.54) is 5.57 Å². The van der Waals surface area contributed by atoms with Crippen molar-refractivity contribution in [3.05, 3.63) is 11.6 Å². The summed E-state index contributed by atoms with van der Waals surface area (Å²) in [6, 6.07) is 0. The lowest BCUT2D eigenvalue weighted by molar-refractivity contribution is -0.153. The topological polar surface area (TPSA) is 128 Å². The number of carbonyl (C=O) groups excluding carboxylic acids is 1. The maximum Gasteiger partial charge on any atom is 0.333 e. The zero-order chi connectivity index (χ0) is 26.5. The van der Waals surface area contributed by atoms with Crippen molar-refractivity contribution in [1.82, 2.24) is 5.32 Å². The van der Waals surface area contributed by atoms with Gasteiger partial charge in [0.25, 0.3) is 5.91 Å². The number of amides is 1. The van der Waals surface area contributed by atoms with Crippen LogP contribution in [0.2, 0.25) is 0 Å². The lowest BCUT2D eigenvalue weighted by Gasteiger charge is -2.59. The molecule has 0 radical (unpaired) electrons. The van der Waals surface area contributed by atoms with Crippen LogP contribution in [-0.4, -0.2) is 57.8 Å². The van der Waals surface area contributed by atoms with E-state index < -0.39 is 29.0 Å². The smallest absolute Gasteiger partial charge is 0.333 e. The number of nitrogens with zero attached hydrogens (tertiary/aromatic N) is 1. The number of nitrogens with one attached hydrogen (secondary N) is 1. The summed E-state index contributed by atoms with van der Waals surface area (Å²) in [5.74, 6) is 0.185. The lowest BCUT2D eigenvalue weighted by Crippen LogP contribution is -2.53. The molecule has 0 spiro atoms. The molecule has 7 atom stereocenters. The van der Waals surface area contributed by atoms with Crippen molar-refractivity contribution >= 4 is 17.6 Å². The molecule has 0 heterocycles. The van der Waals surface area contributed by atoms with Crippen molar-refractivity contribution in [2.45, 2.75) is 97.7 Å². The van der Waals surface area contributed by atoms with Crippen molar-refractivity contribution < 1.29 is 29.7 Å². The molecule has 36 heavy (non-hydrogen) atoms. The molecule has 0 aromatic rings. The van der Waals surface area contributed by atoms with Crippen LogP contribution in [0.4, 0.5) is 0 Å². The van der Waals surface area contributed by atoms with E-state index >= 15 is 0 Å². The molecule has 0 unspecified atom stereocenters. The number of carboxylic acids is 1. The standard InChI is InChI=1S/C28H44N2O6/c1-25(2,23(32)24(33)34)16-29-22(31)15-36-30-18-8-11-26(3)17(14-18)6-7-19-20(26)9-12-27(4)21(19)10-13-28(27,5)35/h14,19-21,23,32,35H,6-13,15-16H2,1-5H3,(H,29,31)(H,33,34)/t19-,20+,21+,23+,26+,27+,28+/m1/s1. The van der Waals surface area contributed by atoms with E-state index in [0.29, 0.717) is 17.8 Å². The number of carbonyl (C=O) groups is 2. The zero-order valence-electron chi connectivity index (χ0n) is 22.5. The molecule has 4 N–H and O–H groups in total. The molecular formula is C28H44N2O6. The number of oxime groups is 1. The molecular weight excluding hydrogens is 460 g/mol. The molecule has 8 nitrogen and oxygen atoms in total. The van der Waals surface area contributed by atoms with Gasteiger partial charge in [-0.05, 0) is 93.0 Å². The Morgan fingerprint density at radius 1 is 1.14 bits per heavy atom. The average molecular weight is 505 g/mol. The first-order valence-electron chi connectivity index (χ1n) is 13.5. The van der Waals surface area contributed by atoms with Crippen molar-refractivity contribution in [2.24, 2.45) is 39.2 Å². The summed E-state index contributed by atoms with van der Waals surface area (Å²) in [5.41, 5.74) is 0.935. The average Bonchev–Trinajstić information content (AvgIpc) is 3.06. The first kappa shape index (κ1) is 27.1. The number of aliphatic carboxylic acids is 1. The van der Waals surface area contributed by atoms with Crippen molar-refractivity contribution in [3.8, 4) is 0 Å². The monoisotopic (exact) mass is 504 g/mol. The van der Waals surface area contributed by atoms with Gasteiger partial charge < -0.3 is 25.5 Å². The first-order valence-corrected chi connectivity index (χ1v) is 13.5. The van der Waals surface area contributed by atoms with Gasteiger partial charge in [0.15, 0.2) is 12.7 Å². The highest BCUT2D eigenvalue weighted by Gasteiger charge is 2.62. The number of rotatable bonds is 7. The minimum atomic E-state index is -1.57. The van der Waals surface area contributed by atoms with Crippen molar-refractivity contribution in [1.29, 1.82) is 0 Å². The minimum absolute atomic E-state index is 0.0136. The fraction of sp³-hybridized carbons (Fsp3) is 0.821. The van der Waals surface area contributed by atoms with Gasteiger partial charge in [-0.2, -0.15) is 0 Å². The maximum absolute atomic E-state index is 12.2. The molecule has 0 saturated heterocycles. The largest absolute Gasteiger partial charge is 0.479 e. The second kappa shape index (κ2) is 9.43. The van der Waals surface area contributed by atoms with E-state index in [9.17, 15) is 19.8 Å². The third-order valence-corrected chi connectivity index (χ3v) is 10.6. The highest BCUT2D eigenvalue weighted by atomic mass is 16.6. The molecule has 3 saturated carbocycles. The number of fused-ring (bicyclic) bond motifs is 5. The Balaban J connectivity index is 1.35. The molecule has 0 aliphatic heterocycles. The van der Waals surface area contributed by atoms with E-state index in [2.05, 4.69) is 30.4 Å². The summed E-state index contributed by atoms with van der Waals surface area (Å²) in [6.45, 7) is 9.71. The van der Waals surface area contributed by atoms with Crippen molar-refractivity contribution in [3.63, 3.8) is 0 Å². The van der Waals surface area contributed by atoms with Crippen LogP contribution >= 0.6 is 0 Å². The Kier molecular flexibility index (Phi) is 7.10. The minimum Gasteiger partial charge on any atom is -0.479 e. The van der Waals surface area contributed by atoms with Crippen LogP contribution in [0, 0.1) is 34.0 Å². The zero-order valence-corrected chi connectivity index (χ0v) is 22.5. The molecule has 4 aliphatic carbocycles. The van der Waals surface area contributed by atoms with Crippen LogP contribution in [0.1, 0.15) is 86.0 Å². The van der Waals surface area contributed by atoms with Gasteiger partial charge in [0.2, 0.25) is 0 Å². The third-order valence-electron chi connectivity index (χ3n) is 10.6. The fourth-order valence-electron chi connectivity index (χ4n) is 7.87. The quantitative estimate of drug-likeness (QED) is 0.392. The highest BCUT2D eigenvalue weighted by Crippen LogP contribution is 2.67. The van der Waals surface area contributed by atoms with E-state index in [1.807, 2.05) is 6.92 Å². The van der Waals surface area contributed by atoms with E-state index in [4.69, 9.17) is 9.94 Å². The number of aliphatic hydroxyl groups excluding tert-OH is 1. The molecule has 4 aliphatic rings. The van der Waals surface area contributed by atoms with E-state index in [-0.39, 0.29) is 24.0 Å². The third kappa shape index (κ3) is 4.60. The summed E-state index contributed by atoms with van der Waals surface area (Å²) >= 11 is 0. The van der Waals surface area contributed by atoms with E-state index in [1.54, 1.807) is 13.8 Å². The predicted molar refractivity (Wildman–Crippen MR) is 136 cm³/mol. The van der Waals surface area contributed by atoms with E-state index in [0.717, 1.165) is 57.1 Å². The van der Waals surface area contributed by atoms with Gasteiger partial charge in [0.1, 0.15) is 0 Å². The lowest BCUT2D eigenvalue weighted by atomic mass is 9.46. The van der Waals surface area contributed by atoms with Crippen LogP contribution in [0.15, 0.2) is 16.8 Å². The Morgan fingerprint density at radius 3 is 2.53 bits per heavy atom. The number of hydrogen-bond acceptors (Lipinski definition) is 6. The Hall–Kier alpha value is -1.93. The van der Waals surface area contributed by atoms with Gasteiger partial charge >= 0.3 is 5.97 Å². The van der Waals surface area contributed by atoms with Crippen LogP contribution in [0.25, 0.3) is 0 Å². The molecule has 3 fully saturated rings. The summed E-state index contributed by atoms with van der Waals surface area (Å²) in [6.07, 6.45) is 8.96. The van der Waals surface area contributed by atoms with Crippen LogP contribution < -0.4 is 5.32 Å². The van der Waals surface area contributed by atoms with Crippen LogP contribution in [0.3, 0.4) is 0 Å². The number of hydrogen-bond donors (Lipinski definition) is 4. The van der Waals surface area contributed by atoms with Gasteiger partial charge in [-0.25, -0.2) is 4.79 Å². The Labute approximate surface area is 214 Å². The normalized spacial score (nSPS) is 39.9. The Bertz CT molecular complexity index is 956. The predicted octanol–water partition coefficient (Wildman–Crippen LogP) is 3.66. The Morgan fingerprint density at radius 2 is 1.83 bits per heavy atom. The molecule has 1 amide bonds. The van der Waals surface area contributed by atoms with Gasteiger partial charge in [0.05, 0.1) is 11.3 Å². The molecule has 0 bridgehead atoms. The van der Waals surface area contributed by atoms with Gasteiger partial charge in [-0.3, -0.25) is 4.79 Å². The molecule has 202 valence electrons. The second-order valence-corrected chi connectivity index (χ2v) is 13.1. The highest BCUT2D eigenvalue weighted by molar-refractivity contribution is 5.96. The maximum atomic E-state index is 12.2. The molecule has 0 aromatic carbocycles. The molecule has 8 heteroatoms. The number of carboxylic acid groups (broad SMARTS) is 1. The summed E-state index contributed by atoms with van der Waals surface area (Å²) in [7, 11) is 0.